The molecule has 0 bridgehead atoms. The monoisotopic (exact) mass is 342 g/mol. The van der Waals surface area contributed by atoms with Crippen molar-refractivity contribution in [2.45, 2.75) is 71.6 Å². The Bertz CT molecular complexity index is 401. The second-order valence-corrected chi connectivity index (χ2v) is 7.10. The van der Waals surface area contributed by atoms with E-state index in [1.165, 1.54) is 0 Å². The zero-order valence-electron chi connectivity index (χ0n) is 15.7. The lowest BCUT2D eigenvalue weighted by atomic mass is 9.85. The molecule has 24 heavy (non-hydrogen) atoms. The molecule has 0 radical (unpaired) electrons. The van der Waals surface area contributed by atoms with Gasteiger partial charge >= 0.3 is 12.0 Å². The standard InChI is InChI=1S/C17H34N4O3/c1-6-20(11-16(22)23)15-9-14(10-15)19-17(24)18-7-8-21(12(2)3)13(4)5/h12-15H,6-11H2,1-5H3,(H,22,23)(H2,18,19,24). The van der Waals surface area contributed by atoms with E-state index in [9.17, 15) is 9.59 Å². The first-order chi connectivity index (χ1) is 11.2. The highest BCUT2D eigenvalue weighted by molar-refractivity contribution is 5.74. The van der Waals surface area contributed by atoms with E-state index in [-0.39, 0.29) is 24.7 Å². The summed E-state index contributed by atoms with van der Waals surface area (Å²) in [6.07, 6.45) is 1.64. The molecule has 0 aromatic rings. The Labute approximate surface area is 145 Å². The highest BCUT2D eigenvalue weighted by Gasteiger charge is 2.34. The number of aliphatic carboxylic acids is 1. The van der Waals surface area contributed by atoms with E-state index in [1.54, 1.807) is 0 Å². The van der Waals surface area contributed by atoms with Crippen molar-refractivity contribution in [3.8, 4) is 0 Å². The van der Waals surface area contributed by atoms with Gasteiger partial charge in [0.15, 0.2) is 0 Å². The summed E-state index contributed by atoms with van der Waals surface area (Å²) in [6.45, 7) is 12.8. The molecule has 7 nitrogen and oxygen atoms in total. The van der Waals surface area contributed by atoms with Crippen molar-refractivity contribution >= 4 is 12.0 Å². The molecule has 140 valence electrons. The van der Waals surface area contributed by atoms with Crippen LogP contribution in [0.1, 0.15) is 47.5 Å². The first kappa shape index (κ1) is 20.7. The van der Waals surface area contributed by atoms with Crippen molar-refractivity contribution < 1.29 is 14.7 Å². The lowest BCUT2D eigenvalue weighted by Gasteiger charge is -2.42. The van der Waals surface area contributed by atoms with Crippen LogP contribution in [0, 0.1) is 0 Å². The van der Waals surface area contributed by atoms with Gasteiger partial charge in [-0.25, -0.2) is 4.79 Å². The fourth-order valence-electron chi connectivity index (χ4n) is 3.32. The van der Waals surface area contributed by atoms with Gasteiger partial charge in [-0.1, -0.05) is 6.92 Å². The molecule has 1 rings (SSSR count). The Kier molecular flexibility index (Phi) is 8.48. The average Bonchev–Trinajstić information content (AvgIpc) is 2.43. The Balaban J connectivity index is 2.22. The molecule has 1 aliphatic carbocycles. The lowest BCUT2D eigenvalue weighted by Crippen LogP contribution is -2.56. The molecule has 2 amide bonds. The van der Waals surface area contributed by atoms with Crippen LogP contribution < -0.4 is 10.6 Å². The normalized spacial score (nSPS) is 20.5. The van der Waals surface area contributed by atoms with Gasteiger partial charge in [-0.15, -0.1) is 0 Å². The van der Waals surface area contributed by atoms with Crippen LogP contribution in [0.5, 0.6) is 0 Å². The number of hydrogen-bond acceptors (Lipinski definition) is 4. The molecular weight excluding hydrogens is 308 g/mol. The number of amides is 2. The Morgan fingerprint density at radius 2 is 1.75 bits per heavy atom. The molecule has 0 aliphatic heterocycles. The van der Waals surface area contributed by atoms with Gasteiger partial charge < -0.3 is 15.7 Å². The van der Waals surface area contributed by atoms with Crippen LogP contribution in [-0.4, -0.2) is 77.3 Å². The molecule has 1 saturated carbocycles. The van der Waals surface area contributed by atoms with Gasteiger partial charge in [0.1, 0.15) is 0 Å². The molecule has 3 N–H and O–H groups in total. The first-order valence-corrected chi connectivity index (χ1v) is 9.00. The smallest absolute Gasteiger partial charge is 0.317 e. The third kappa shape index (κ3) is 6.65. The molecule has 0 spiro atoms. The van der Waals surface area contributed by atoms with Gasteiger partial charge in [0, 0.05) is 37.3 Å². The van der Waals surface area contributed by atoms with E-state index in [2.05, 4.69) is 43.2 Å². The third-order valence-electron chi connectivity index (χ3n) is 4.69. The SMILES string of the molecule is CCN(CC(=O)O)C1CC(NC(=O)NCCN(C(C)C)C(C)C)C1. The number of urea groups is 1. The van der Waals surface area contributed by atoms with E-state index in [4.69, 9.17) is 5.11 Å². The zero-order valence-corrected chi connectivity index (χ0v) is 15.7. The maximum Gasteiger partial charge on any atom is 0.317 e. The van der Waals surface area contributed by atoms with Gasteiger partial charge in [0.25, 0.3) is 0 Å². The predicted octanol–water partition coefficient (Wildman–Crippen LogP) is 1.34. The summed E-state index contributed by atoms with van der Waals surface area (Å²) in [5.74, 6) is -0.800. The molecule has 0 atom stereocenters. The van der Waals surface area contributed by atoms with Crippen LogP contribution in [0.3, 0.4) is 0 Å². The van der Waals surface area contributed by atoms with Crippen LogP contribution >= 0.6 is 0 Å². The molecule has 0 aromatic carbocycles. The summed E-state index contributed by atoms with van der Waals surface area (Å²) in [7, 11) is 0. The topological polar surface area (TPSA) is 84.9 Å². The number of hydrogen-bond donors (Lipinski definition) is 3. The maximum atomic E-state index is 11.9. The minimum absolute atomic E-state index is 0.0698. The molecular formula is C17H34N4O3. The average molecular weight is 342 g/mol. The number of nitrogens with zero attached hydrogens (tertiary/aromatic N) is 2. The summed E-state index contributed by atoms with van der Waals surface area (Å²) in [4.78, 5) is 27.0. The molecule has 7 heteroatoms. The number of carbonyl (C=O) groups is 2. The fraction of sp³-hybridized carbons (Fsp3) is 0.882. The Morgan fingerprint density at radius 1 is 1.17 bits per heavy atom. The summed E-state index contributed by atoms with van der Waals surface area (Å²) >= 11 is 0. The minimum atomic E-state index is -0.800. The third-order valence-corrected chi connectivity index (χ3v) is 4.69. The lowest BCUT2D eigenvalue weighted by molar-refractivity contribution is -0.139. The highest BCUT2D eigenvalue weighted by atomic mass is 16.4. The second-order valence-electron chi connectivity index (χ2n) is 7.10. The highest BCUT2D eigenvalue weighted by Crippen LogP contribution is 2.25. The summed E-state index contributed by atoms with van der Waals surface area (Å²) in [5, 5.41) is 14.8. The molecule has 0 heterocycles. The number of carboxylic acid groups (broad SMARTS) is 1. The van der Waals surface area contributed by atoms with Crippen molar-refractivity contribution in [3.63, 3.8) is 0 Å². The molecule has 1 aliphatic rings. The van der Waals surface area contributed by atoms with Gasteiger partial charge in [0.2, 0.25) is 0 Å². The van der Waals surface area contributed by atoms with E-state index in [0.29, 0.717) is 18.6 Å². The first-order valence-electron chi connectivity index (χ1n) is 9.00. The Morgan fingerprint density at radius 3 is 2.21 bits per heavy atom. The molecule has 0 saturated heterocycles. The van der Waals surface area contributed by atoms with E-state index < -0.39 is 5.97 Å². The molecule has 0 unspecified atom stereocenters. The maximum absolute atomic E-state index is 11.9. The summed E-state index contributed by atoms with van der Waals surface area (Å²) in [6, 6.07) is 1.18. The number of carboxylic acids is 1. The van der Waals surface area contributed by atoms with Crippen LogP contribution in [0.25, 0.3) is 0 Å². The van der Waals surface area contributed by atoms with Crippen LogP contribution in [0.2, 0.25) is 0 Å². The van der Waals surface area contributed by atoms with Crippen molar-refractivity contribution in [2.24, 2.45) is 0 Å². The van der Waals surface area contributed by atoms with E-state index in [0.717, 1.165) is 25.9 Å². The van der Waals surface area contributed by atoms with Gasteiger partial charge in [-0.2, -0.15) is 0 Å². The van der Waals surface area contributed by atoms with Crippen molar-refractivity contribution in [2.75, 3.05) is 26.2 Å². The van der Waals surface area contributed by atoms with Gasteiger partial charge in [-0.05, 0) is 47.1 Å². The number of nitrogens with one attached hydrogen (secondary N) is 2. The Hall–Kier alpha value is -1.34. The van der Waals surface area contributed by atoms with Crippen LogP contribution in [0.15, 0.2) is 0 Å². The summed E-state index contributed by atoms with van der Waals surface area (Å²) < 4.78 is 0. The zero-order chi connectivity index (χ0) is 18.3. The van der Waals surface area contributed by atoms with Crippen LogP contribution in [-0.2, 0) is 4.79 Å². The predicted molar refractivity (Wildman–Crippen MR) is 95.2 cm³/mol. The van der Waals surface area contributed by atoms with Gasteiger partial charge in [0.05, 0.1) is 6.54 Å². The van der Waals surface area contributed by atoms with Crippen molar-refractivity contribution in [3.05, 3.63) is 0 Å². The van der Waals surface area contributed by atoms with Crippen molar-refractivity contribution in [1.29, 1.82) is 0 Å². The minimum Gasteiger partial charge on any atom is -0.480 e. The molecule has 1 fully saturated rings. The fourth-order valence-corrected chi connectivity index (χ4v) is 3.32. The quantitative estimate of drug-likeness (QED) is 0.558. The second kappa shape index (κ2) is 9.84. The van der Waals surface area contributed by atoms with Gasteiger partial charge in [-0.3, -0.25) is 14.6 Å². The summed E-state index contributed by atoms with van der Waals surface area (Å²) in [5.41, 5.74) is 0. The van der Waals surface area contributed by atoms with Crippen LogP contribution in [0.4, 0.5) is 4.79 Å². The van der Waals surface area contributed by atoms with E-state index >= 15 is 0 Å². The van der Waals surface area contributed by atoms with Crippen molar-refractivity contribution in [1.82, 2.24) is 20.4 Å². The molecule has 0 aromatic heterocycles. The number of likely N-dealkylation sites (N-methyl/N-ethyl adjacent to an activating group) is 1. The number of carbonyl (C=O) groups excluding carboxylic acids is 1. The largest absolute Gasteiger partial charge is 0.480 e. The van der Waals surface area contributed by atoms with E-state index in [1.807, 2.05) is 11.8 Å². The number of rotatable bonds is 10.